The lowest BCUT2D eigenvalue weighted by molar-refractivity contribution is -0.130. The molecule has 3 rings (SSSR count). The summed E-state index contributed by atoms with van der Waals surface area (Å²) in [5, 5.41) is 6.88. The van der Waals surface area contributed by atoms with Gasteiger partial charge in [-0.2, -0.15) is 0 Å². The number of carbonyl (C=O) groups excluding carboxylic acids is 1. The Balaban J connectivity index is 1.52. The lowest BCUT2D eigenvalue weighted by Gasteiger charge is -2.43. The predicted octanol–water partition coefficient (Wildman–Crippen LogP) is 2.94. The summed E-state index contributed by atoms with van der Waals surface area (Å²) in [7, 11) is 5.23. The predicted molar refractivity (Wildman–Crippen MR) is 121 cm³/mol. The van der Waals surface area contributed by atoms with Crippen molar-refractivity contribution in [3.63, 3.8) is 0 Å². The zero-order valence-electron chi connectivity index (χ0n) is 18.1. The van der Waals surface area contributed by atoms with Gasteiger partial charge in [0, 0.05) is 39.6 Å². The number of likely N-dealkylation sites (N-methyl/N-ethyl adjacent to an activating group) is 1. The van der Waals surface area contributed by atoms with Crippen LogP contribution in [0.25, 0.3) is 0 Å². The third kappa shape index (κ3) is 5.53. The maximum atomic E-state index is 11.7. The van der Waals surface area contributed by atoms with Crippen LogP contribution in [0, 0.1) is 0 Å². The lowest BCUT2D eigenvalue weighted by atomic mass is 9.64. The molecule has 6 nitrogen and oxygen atoms in total. The zero-order valence-corrected chi connectivity index (χ0v) is 18.1. The maximum Gasteiger partial charge on any atom is 0.259 e. The highest BCUT2D eigenvalue weighted by Gasteiger charge is 2.38. The van der Waals surface area contributed by atoms with Gasteiger partial charge in [-0.05, 0) is 36.1 Å². The third-order valence-corrected chi connectivity index (χ3v) is 5.73. The molecule has 2 aromatic carbocycles. The molecule has 2 N–H and O–H groups in total. The fourth-order valence-electron chi connectivity index (χ4n) is 3.64. The molecule has 0 spiro atoms. The van der Waals surface area contributed by atoms with Crippen molar-refractivity contribution < 1.29 is 9.53 Å². The van der Waals surface area contributed by atoms with E-state index in [0.717, 1.165) is 18.1 Å². The van der Waals surface area contributed by atoms with Crippen LogP contribution in [-0.2, 0) is 16.8 Å². The van der Waals surface area contributed by atoms with Crippen LogP contribution in [0.3, 0.4) is 0 Å². The normalized spacial score (nSPS) is 15.1. The Hall–Kier alpha value is -3.02. The molecule has 0 bridgehead atoms. The van der Waals surface area contributed by atoms with Crippen LogP contribution in [0.15, 0.2) is 59.6 Å². The van der Waals surface area contributed by atoms with Crippen LogP contribution >= 0.6 is 0 Å². The molecule has 1 aliphatic carbocycles. The van der Waals surface area contributed by atoms with E-state index in [1.165, 1.54) is 29.7 Å². The number of nitrogens with zero attached hydrogens (tertiary/aromatic N) is 2. The summed E-state index contributed by atoms with van der Waals surface area (Å²) in [4.78, 5) is 17.6. The molecule has 0 atom stereocenters. The second-order valence-corrected chi connectivity index (χ2v) is 8.00. The molecule has 30 heavy (non-hydrogen) atoms. The van der Waals surface area contributed by atoms with Crippen molar-refractivity contribution in [2.75, 3.05) is 34.3 Å². The molecule has 160 valence electrons. The number of aliphatic imine (C=N–C) groups is 1. The Morgan fingerprint density at radius 2 is 1.87 bits per heavy atom. The first-order chi connectivity index (χ1) is 14.5. The molecule has 0 heterocycles. The van der Waals surface area contributed by atoms with Crippen LogP contribution in [0.4, 0.5) is 0 Å². The average molecular weight is 409 g/mol. The summed E-state index contributed by atoms with van der Waals surface area (Å²) in [6.07, 6.45) is 3.67. The molecule has 0 saturated heterocycles. The molecule has 2 aromatic rings. The third-order valence-electron chi connectivity index (χ3n) is 5.73. The number of rotatable bonds is 8. The van der Waals surface area contributed by atoms with E-state index in [2.05, 4.69) is 46.0 Å². The maximum absolute atomic E-state index is 11.7. The van der Waals surface area contributed by atoms with E-state index >= 15 is 0 Å². The summed E-state index contributed by atoms with van der Waals surface area (Å²) >= 11 is 0. The first-order valence-corrected chi connectivity index (χ1v) is 10.4. The largest absolute Gasteiger partial charge is 0.484 e. The van der Waals surface area contributed by atoms with Crippen molar-refractivity contribution in [1.29, 1.82) is 0 Å². The Bertz CT molecular complexity index is 861. The Morgan fingerprint density at radius 1 is 1.10 bits per heavy atom. The number of nitrogens with one attached hydrogen (secondary N) is 2. The molecule has 1 fully saturated rings. The standard InChI is InChI=1S/C24H32N4O2/c1-25-23(27-18-24(13-8-14-24)20-10-5-4-6-11-20)26-16-19-9-7-12-21(15-19)30-17-22(29)28(2)3/h4-7,9-12,15H,8,13-14,16-18H2,1-3H3,(H2,25,26,27). The Morgan fingerprint density at radius 3 is 2.50 bits per heavy atom. The lowest BCUT2D eigenvalue weighted by Crippen LogP contribution is -2.48. The SMILES string of the molecule is CN=C(NCc1cccc(OCC(=O)N(C)C)c1)NCC1(c2ccccc2)CCC1. The summed E-state index contributed by atoms with van der Waals surface area (Å²) in [5.41, 5.74) is 2.66. The van der Waals surface area contributed by atoms with E-state index in [-0.39, 0.29) is 17.9 Å². The van der Waals surface area contributed by atoms with Crippen LogP contribution in [0.5, 0.6) is 5.75 Å². The molecule has 0 radical (unpaired) electrons. The number of guanidine groups is 1. The smallest absolute Gasteiger partial charge is 0.259 e. The zero-order chi connectivity index (χ0) is 21.4. The van der Waals surface area contributed by atoms with Crippen molar-refractivity contribution in [3.05, 3.63) is 65.7 Å². The van der Waals surface area contributed by atoms with Crippen LogP contribution < -0.4 is 15.4 Å². The molecule has 6 heteroatoms. The topological polar surface area (TPSA) is 66.0 Å². The first kappa shape index (κ1) is 21.7. The molecule has 1 saturated carbocycles. The fraction of sp³-hybridized carbons (Fsp3) is 0.417. The van der Waals surface area contributed by atoms with Gasteiger partial charge in [0.2, 0.25) is 0 Å². The van der Waals surface area contributed by atoms with E-state index in [0.29, 0.717) is 12.3 Å². The second-order valence-electron chi connectivity index (χ2n) is 8.00. The van der Waals surface area contributed by atoms with Gasteiger partial charge in [0.25, 0.3) is 5.91 Å². The molecule has 0 aromatic heterocycles. The summed E-state index contributed by atoms with van der Waals surface area (Å²) in [5.74, 6) is 1.41. The number of hydrogen-bond acceptors (Lipinski definition) is 3. The van der Waals surface area contributed by atoms with Crippen molar-refractivity contribution in [2.45, 2.75) is 31.2 Å². The first-order valence-electron chi connectivity index (χ1n) is 10.4. The number of ether oxygens (including phenoxy) is 1. The highest BCUT2D eigenvalue weighted by Crippen LogP contribution is 2.43. The molecule has 1 amide bonds. The summed E-state index contributed by atoms with van der Waals surface area (Å²) in [6.45, 7) is 1.53. The van der Waals surface area contributed by atoms with Gasteiger partial charge >= 0.3 is 0 Å². The van der Waals surface area contributed by atoms with Gasteiger partial charge < -0.3 is 20.3 Å². The van der Waals surface area contributed by atoms with Crippen molar-refractivity contribution in [2.24, 2.45) is 4.99 Å². The van der Waals surface area contributed by atoms with Gasteiger partial charge in [-0.1, -0.05) is 48.9 Å². The van der Waals surface area contributed by atoms with Crippen LogP contribution in [-0.4, -0.2) is 51.1 Å². The van der Waals surface area contributed by atoms with E-state index < -0.39 is 0 Å². The van der Waals surface area contributed by atoms with Crippen molar-refractivity contribution in [3.8, 4) is 5.75 Å². The van der Waals surface area contributed by atoms with Gasteiger partial charge in [0.05, 0.1) is 0 Å². The number of hydrogen-bond donors (Lipinski definition) is 2. The summed E-state index contributed by atoms with van der Waals surface area (Å²) in [6, 6.07) is 18.5. The van der Waals surface area contributed by atoms with Gasteiger partial charge in [0.15, 0.2) is 12.6 Å². The second kappa shape index (κ2) is 10.1. The molecule has 0 unspecified atom stereocenters. The minimum Gasteiger partial charge on any atom is -0.484 e. The van der Waals surface area contributed by atoms with Crippen LogP contribution in [0.2, 0.25) is 0 Å². The van der Waals surface area contributed by atoms with Gasteiger partial charge in [-0.3, -0.25) is 9.79 Å². The monoisotopic (exact) mass is 408 g/mol. The molecule has 0 aliphatic heterocycles. The van der Waals surface area contributed by atoms with Crippen molar-refractivity contribution >= 4 is 11.9 Å². The molecular formula is C24H32N4O2. The minimum absolute atomic E-state index is 0.0364. The Labute approximate surface area is 179 Å². The average Bonchev–Trinajstić information content (AvgIpc) is 2.74. The van der Waals surface area contributed by atoms with E-state index in [1.54, 1.807) is 21.1 Å². The van der Waals surface area contributed by atoms with E-state index in [1.807, 2.05) is 24.3 Å². The van der Waals surface area contributed by atoms with Crippen molar-refractivity contribution in [1.82, 2.24) is 15.5 Å². The summed E-state index contributed by atoms with van der Waals surface area (Å²) < 4.78 is 5.60. The number of amides is 1. The quantitative estimate of drug-likeness (QED) is 0.521. The molecular weight excluding hydrogens is 376 g/mol. The van der Waals surface area contributed by atoms with Gasteiger partial charge in [-0.25, -0.2) is 0 Å². The highest BCUT2D eigenvalue weighted by atomic mass is 16.5. The van der Waals surface area contributed by atoms with Crippen LogP contribution in [0.1, 0.15) is 30.4 Å². The number of carbonyl (C=O) groups is 1. The number of benzene rings is 2. The van der Waals surface area contributed by atoms with Gasteiger partial charge in [-0.15, -0.1) is 0 Å². The Kier molecular flexibility index (Phi) is 7.33. The minimum atomic E-state index is -0.0635. The highest BCUT2D eigenvalue weighted by molar-refractivity contribution is 5.79. The van der Waals surface area contributed by atoms with E-state index in [9.17, 15) is 4.79 Å². The molecule has 1 aliphatic rings. The fourth-order valence-corrected chi connectivity index (χ4v) is 3.64. The van der Waals surface area contributed by atoms with E-state index in [4.69, 9.17) is 4.74 Å². The van der Waals surface area contributed by atoms with Gasteiger partial charge in [0.1, 0.15) is 5.75 Å².